The Morgan fingerprint density at radius 1 is 1.00 bits per heavy atom. The van der Waals surface area contributed by atoms with Crippen molar-refractivity contribution in [2.75, 3.05) is 0 Å². The molecule has 1 aliphatic heterocycles. The first-order valence-corrected chi connectivity index (χ1v) is 10.5. The molecule has 0 fully saturated rings. The van der Waals surface area contributed by atoms with Gasteiger partial charge < -0.3 is 4.74 Å². The fourth-order valence-corrected chi connectivity index (χ4v) is 4.78. The lowest BCUT2D eigenvalue weighted by Gasteiger charge is -2.33. The van der Waals surface area contributed by atoms with Crippen LogP contribution in [0.5, 0.6) is 11.5 Å². The minimum Gasteiger partial charge on any atom is -0.457 e. The second kappa shape index (κ2) is 8.19. The van der Waals surface area contributed by atoms with Crippen molar-refractivity contribution in [3.8, 4) is 11.5 Å². The van der Waals surface area contributed by atoms with Crippen LogP contribution >= 0.6 is 0 Å². The van der Waals surface area contributed by atoms with E-state index in [4.69, 9.17) is 9.94 Å². The highest BCUT2D eigenvalue weighted by molar-refractivity contribution is 7.89. The van der Waals surface area contributed by atoms with Crippen LogP contribution in [0.2, 0.25) is 0 Å². The molecule has 0 radical (unpaired) electrons. The Morgan fingerprint density at radius 2 is 1.63 bits per heavy atom. The lowest BCUT2D eigenvalue weighted by atomic mass is 10.0. The highest BCUT2D eigenvalue weighted by Gasteiger charge is 2.40. The molecule has 0 bridgehead atoms. The normalized spacial score (nSPS) is 16.5. The van der Waals surface area contributed by atoms with Crippen LogP contribution < -0.4 is 10.2 Å². The van der Waals surface area contributed by atoms with E-state index in [-0.39, 0.29) is 17.9 Å². The van der Waals surface area contributed by atoms with E-state index in [1.807, 2.05) is 18.2 Å². The van der Waals surface area contributed by atoms with Gasteiger partial charge in [-0.1, -0.05) is 18.2 Å². The van der Waals surface area contributed by atoms with Gasteiger partial charge in [-0.2, -0.15) is 4.31 Å². The summed E-state index contributed by atoms with van der Waals surface area (Å²) in [6, 6.07) is 13.9. The Hall–Kier alpha value is -3.34. The number of benzene rings is 2. The van der Waals surface area contributed by atoms with E-state index in [9.17, 15) is 13.2 Å². The van der Waals surface area contributed by atoms with Crippen LogP contribution in [0.1, 0.15) is 11.4 Å². The zero-order valence-electron chi connectivity index (χ0n) is 15.7. The van der Waals surface area contributed by atoms with E-state index in [1.54, 1.807) is 29.7 Å². The standard InChI is InChI=1S/C20H18N4O5S/c25-20(23-26)19-12-17-18(22-11-10-21-17)13-24(19)30(27,28)16-8-6-15(7-9-16)29-14-4-2-1-3-5-14/h1-11,19,26H,12-13H2,(H,23,25). The van der Waals surface area contributed by atoms with Gasteiger partial charge in [0.05, 0.1) is 22.8 Å². The molecule has 1 aliphatic rings. The Kier molecular flexibility index (Phi) is 5.44. The molecule has 2 heterocycles. The number of sulfonamides is 1. The van der Waals surface area contributed by atoms with Crippen LogP contribution in [0, 0.1) is 0 Å². The first-order chi connectivity index (χ1) is 14.5. The third kappa shape index (κ3) is 3.88. The fraction of sp³-hybridized carbons (Fsp3) is 0.150. The number of para-hydroxylation sites is 1. The minimum atomic E-state index is -4.06. The predicted octanol–water partition coefficient (Wildman–Crippen LogP) is 1.89. The van der Waals surface area contributed by atoms with Crippen LogP contribution in [-0.2, 0) is 27.8 Å². The molecule has 1 atom stereocenters. The molecular weight excluding hydrogens is 408 g/mol. The van der Waals surface area contributed by atoms with E-state index < -0.39 is 22.0 Å². The number of ether oxygens (including phenoxy) is 1. The summed E-state index contributed by atoms with van der Waals surface area (Å²) in [5.74, 6) is 0.262. The average Bonchev–Trinajstić information content (AvgIpc) is 2.78. The summed E-state index contributed by atoms with van der Waals surface area (Å²) < 4.78 is 33.3. The van der Waals surface area contributed by atoms with Crippen LogP contribution in [0.3, 0.4) is 0 Å². The SMILES string of the molecule is O=C(NO)C1Cc2nccnc2CN1S(=O)(=O)c1ccc(Oc2ccccc2)cc1. The van der Waals surface area contributed by atoms with Crippen molar-refractivity contribution >= 4 is 15.9 Å². The smallest absolute Gasteiger partial charge is 0.262 e. The van der Waals surface area contributed by atoms with Gasteiger partial charge in [-0.25, -0.2) is 13.9 Å². The predicted molar refractivity (Wildman–Crippen MR) is 105 cm³/mol. The number of aromatic nitrogens is 2. The molecule has 4 rings (SSSR count). The Labute approximate surface area is 173 Å². The highest BCUT2D eigenvalue weighted by Crippen LogP contribution is 2.29. The van der Waals surface area contributed by atoms with Crippen molar-refractivity contribution in [2.45, 2.75) is 23.9 Å². The number of nitrogens with one attached hydrogen (secondary N) is 1. The monoisotopic (exact) mass is 426 g/mol. The number of carbonyl (C=O) groups excluding carboxylic acids is 1. The number of nitrogens with zero attached hydrogens (tertiary/aromatic N) is 3. The van der Waals surface area contributed by atoms with Gasteiger partial charge in [0.2, 0.25) is 10.0 Å². The fourth-order valence-electron chi connectivity index (χ4n) is 3.23. The quantitative estimate of drug-likeness (QED) is 0.472. The van der Waals surface area contributed by atoms with Crippen LogP contribution in [0.15, 0.2) is 71.9 Å². The van der Waals surface area contributed by atoms with Crippen LogP contribution in [0.25, 0.3) is 0 Å². The molecule has 0 saturated carbocycles. The van der Waals surface area contributed by atoms with Gasteiger partial charge in [0.1, 0.15) is 17.5 Å². The molecule has 0 aliphatic carbocycles. The van der Waals surface area contributed by atoms with Crippen molar-refractivity contribution in [2.24, 2.45) is 0 Å². The molecule has 0 saturated heterocycles. The van der Waals surface area contributed by atoms with Gasteiger partial charge >= 0.3 is 0 Å². The second-order valence-corrected chi connectivity index (χ2v) is 8.47. The van der Waals surface area contributed by atoms with E-state index in [2.05, 4.69) is 9.97 Å². The molecular formula is C20H18N4O5S. The third-order valence-electron chi connectivity index (χ3n) is 4.72. The average molecular weight is 426 g/mol. The number of hydrogen-bond acceptors (Lipinski definition) is 7. The number of hydroxylamine groups is 1. The highest BCUT2D eigenvalue weighted by atomic mass is 32.2. The van der Waals surface area contributed by atoms with E-state index in [0.717, 1.165) is 4.31 Å². The van der Waals surface area contributed by atoms with E-state index in [1.165, 1.54) is 24.5 Å². The summed E-state index contributed by atoms with van der Waals surface area (Å²) in [5, 5.41) is 9.09. The van der Waals surface area contributed by atoms with Gasteiger partial charge in [-0.05, 0) is 36.4 Å². The van der Waals surface area contributed by atoms with Crippen molar-refractivity contribution in [1.82, 2.24) is 19.8 Å². The van der Waals surface area contributed by atoms with Crippen molar-refractivity contribution in [3.63, 3.8) is 0 Å². The maximum absolute atomic E-state index is 13.3. The topological polar surface area (TPSA) is 122 Å². The number of rotatable bonds is 5. The maximum Gasteiger partial charge on any atom is 0.262 e. The lowest BCUT2D eigenvalue weighted by molar-refractivity contribution is -0.133. The lowest BCUT2D eigenvalue weighted by Crippen LogP contribution is -2.52. The number of amides is 1. The molecule has 30 heavy (non-hydrogen) atoms. The Balaban J connectivity index is 1.63. The summed E-state index contributed by atoms with van der Waals surface area (Å²) in [7, 11) is -4.06. The summed E-state index contributed by atoms with van der Waals surface area (Å²) in [6.07, 6.45) is 2.94. The first-order valence-electron chi connectivity index (χ1n) is 9.06. The number of carbonyl (C=O) groups is 1. The summed E-state index contributed by atoms with van der Waals surface area (Å²) in [4.78, 5) is 20.5. The van der Waals surface area contributed by atoms with Crippen LogP contribution in [0.4, 0.5) is 0 Å². The molecule has 1 aromatic heterocycles. The Morgan fingerprint density at radius 3 is 2.30 bits per heavy atom. The number of hydrogen-bond donors (Lipinski definition) is 2. The van der Waals surface area contributed by atoms with Crippen LogP contribution in [-0.4, -0.2) is 39.8 Å². The molecule has 9 nitrogen and oxygen atoms in total. The summed E-state index contributed by atoms with van der Waals surface area (Å²) >= 11 is 0. The number of fused-ring (bicyclic) bond motifs is 1. The molecule has 10 heteroatoms. The molecule has 3 aromatic rings. The molecule has 2 N–H and O–H groups in total. The first kappa shape index (κ1) is 20.0. The van der Waals surface area contributed by atoms with E-state index in [0.29, 0.717) is 22.9 Å². The minimum absolute atomic E-state index is 0.00397. The maximum atomic E-state index is 13.3. The largest absolute Gasteiger partial charge is 0.457 e. The Bertz CT molecular complexity index is 1150. The van der Waals surface area contributed by atoms with Gasteiger partial charge in [0, 0.05) is 18.8 Å². The van der Waals surface area contributed by atoms with Crippen molar-refractivity contribution < 1.29 is 23.2 Å². The zero-order chi connectivity index (χ0) is 21.1. The van der Waals surface area contributed by atoms with Gasteiger partial charge in [0.25, 0.3) is 5.91 Å². The summed E-state index contributed by atoms with van der Waals surface area (Å²) in [6.45, 7) is -0.133. The molecule has 2 aromatic carbocycles. The molecule has 0 spiro atoms. The zero-order valence-corrected chi connectivity index (χ0v) is 16.5. The third-order valence-corrected chi connectivity index (χ3v) is 6.59. The summed E-state index contributed by atoms with van der Waals surface area (Å²) in [5.41, 5.74) is 2.52. The van der Waals surface area contributed by atoms with Crippen molar-refractivity contribution in [1.29, 1.82) is 0 Å². The van der Waals surface area contributed by atoms with Crippen molar-refractivity contribution in [3.05, 3.63) is 78.4 Å². The van der Waals surface area contributed by atoms with Gasteiger partial charge in [0.15, 0.2) is 0 Å². The second-order valence-electron chi connectivity index (χ2n) is 6.58. The molecule has 1 amide bonds. The van der Waals surface area contributed by atoms with Gasteiger partial charge in [-0.3, -0.25) is 20.0 Å². The van der Waals surface area contributed by atoms with E-state index >= 15 is 0 Å². The molecule has 154 valence electrons. The molecule has 1 unspecified atom stereocenters. The van der Waals surface area contributed by atoms with Gasteiger partial charge in [-0.15, -0.1) is 0 Å².